The van der Waals surface area contributed by atoms with Crippen LogP contribution in [0.15, 0.2) is 79.1 Å². The molecular formula is C23H23N5O2. The largest absolute Gasteiger partial charge is 0.473 e. The van der Waals surface area contributed by atoms with Gasteiger partial charge in [-0.15, -0.1) is 0 Å². The van der Waals surface area contributed by atoms with Gasteiger partial charge in [0, 0.05) is 25.9 Å². The van der Waals surface area contributed by atoms with E-state index in [2.05, 4.69) is 27.6 Å². The first-order valence-corrected chi connectivity index (χ1v) is 9.76. The molecule has 30 heavy (non-hydrogen) atoms. The van der Waals surface area contributed by atoms with Gasteiger partial charge in [-0.25, -0.2) is 4.68 Å². The number of nitrogens with zero attached hydrogens (tertiary/aromatic N) is 4. The van der Waals surface area contributed by atoms with Gasteiger partial charge < -0.3 is 10.1 Å². The molecule has 0 atom stereocenters. The Morgan fingerprint density at radius 1 is 1.03 bits per heavy atom. The Morgan fingerprint density at radius 2 is 1.73 bits per heavy atom. The zero-order chi connectivity index (χ0) is 20.8. The molecule has 0 bridgehead atoms. The lowest BCUT2D eigenvalue weighted by Crippen LogP contribution is -2.12. The van der Waals surface area contributed by atoms with Gasteiger partial charge in [0.1, 0.15) is 6.61 Å². The van der Waals surface area contributed by atoms with Crippen LogP contribution in [0.4, 0.5) is 5.69 Å². The number of anilines is 1. The Balaban J connectivity index is 1.33. The zero-order valence-corrected chi connectivity index (χ0v) is 16.7. The van der Waals surface area contributed by atoms with Gasteiger partial charge in [0.05, 0.1) is 11.9 Å². The van der Waals surface area contributed by atoms with E-state index in [1.54, 1.807) is 24.0 Å². The molecule has 0 aliphatic heterocycles. The van der Waals surface area contributed by atoms with E-state index in [0.717, 1.165) is 18.5 Å². The highest BCUT2D eigenvalue weighted by molar-refractivity contribution is 6.02. The summed E-state index contributed by atoms with van der Waals surface area (Å²) < 4.78 is 9.16. The second-order valence-corrected chi connectivity index (χ2v) is 6.95. The predicted octanol–water partition coefficient (Wildman–Crippen LogP) is 3.69. The van der Waals surface area contributed by atoms with Crippen LogP contribution in [0.25, 0.3) is 0 Å². The SMILES string of the molecule is Cn1nc(C(=O)Nc2cnn(CCc3ccccc3)c2)cc1OCc1ccccc1. The average molecular weight is 401 g/mol. The van der Waals surface area contributed by atoms with Crippen molar-refractivity contribution in [2.75, 3.05) is 5.32 Å². The average Bonchev–Trinajstić information content (AvgIpc) is 3.38. The van der Waals surface area contributed by atoms with E-state index in [-0.39, 0.29) is 11.6 Å². The minimum Gasteiger partial charge on any atom is -0.473 e. The van der Waals surface area contributed by atoms with Crippen LogP contribution in [-0.2, 0) is 26.6 Å². The number of carbonyl (C=O) groups is 1. The van der Waals surface area contributed by atoms with Gasteiger partial charge >= 0.3 is 0 Å². The molecule has 0 aliphatic carbocycles. The highest BCUT2D eigenvalue weighted by atomic mass is 16.5. The van der Waals surface area contributed by atoms with Crippen molar-refractivity contribution in [3.8, 4) is 5.88 Å². The fraction of sp³-hybridized carbons (Fsp3) is 0.174. The van der Waals surface area contributed by atoms with Crippen LogP contribution in [0.3, 0.4) is 0 Å². The summed E-state index contributed by atoms with van der Waals surface area (Å²) in [5, 5.41) is 11.4. The minimum atomic E-state index is -0.303. The molecule has 2 aromatic carbocycles. The number of hydrogen-bond donors (Lipinski definition) is 1. The number of benzene rings is 2. The van der Waals surface area contributed by atoms with Crippen molar-refractivity contribution in [1.82, 2.24) is 19.6 Å². The molecule has 4 aromatic rings. The summed E-state index contributed by atoms with van der Waals surface area (Å²) in [5.74, 6) is 0.227. The first-order valence-electron chi connectivity index (χ1n) is 9.76. The third kappa shape index (κ3) is 4.94. The molecule has 0 saturated heterocycles. The number of aryl methyl sites for hydroxylation is 3. The molecular weight excluding hydrogens is 378 g/mol. The summed E-state index contributed by atoms with van der Waals surface area (Å²) in [5.41, 5.74) is 3.21. The molecule has 0 aliphatic rings. The Labute approximate surface area is 174 Å². The quantitative estimate of drug-likeness (QED) is 0.489. The second-order valence-electron chi connectivity index (χ2n) is 6.95. The van der Waals surface area contributed by atoms with Crippen molar-refractivity contribution in [2.24, 2.45) is 7.05 Å². The molecule has 0 fully saturated rings. The van der Waals surface area contributed by atoms with E-state index in [1.165, 1.54) is 5.56 Å². The first-order chi connectivity index (χ1) is 14.7. The standard InChI is InChI=1S/C23H23N5O2/c1-27-22(30-17-19-10-6-3-7-11-19)14-21(26-27)23(29)25-20-15-24-28(16-20)13-12-18-8-4-2-5-9-18/h2-11,14-16H,12-13,17H2,1H3,(H,25,29). The molecule has 0 radical (unpaired) electrons. The molecule has 0 spiro atoms. The van der Waals surface area contributed by atoms with E-state index in [0.29, 0.717) is 18.2 Å². The fourth-order valence-corrected chi connectivity index (χ4v) is 3.06. The zero-order valence-electron chi connectivity index (χ0n) is 16.7. The highest BCUT2D eigenvalue weighted by Crippen LogP contribution is 2.16. The van der Waals surface area contributed by atoms with Gasteiger partial charge in [-0.2, -0.15) is 10.2 Å². The van der Waals surface area contributed by atoms with Crippen molar-refractivity contribution < 1.29 is 9.53 Å². The molecule has 2 heterocycles. The van der Waals surface area contributed by atoms with Crippen LogP contribution < -0.4 is 10.1 Å². The Bertz CT molecular complexity index is 1100. The van der Waals surface area contributed by atoms with Crippen molar-refractivity contribution in [2.45, 2.75) is 19.6 Å². The van der Waals surface area contributed by atoms with Gasteiger partial charge in [-0.3, -0.25) is 9.48 Å². The van der Waals surface area contributed by atoms with E-state index >= 15 is 0 Å². The molecule has 4 rings (SSSR count). The number of ether oxygens (including phenoxy) is 1. The molecule has 0 saturated carbocycles. The van der Waals surface area contributed by atoms with Crippen molar-refractivity contribution in [3.63, 3.8) is 0 Å². The molecule has 1 N–H and O–H groups in total. The third-order valence-corrected chi connectivity index (χ3v) is 4.66. The molecule has 152 valence electrons. The minimum absolute atomic E-state index is 0.289. The van der Waals surface area contributed by atoms with Crippen LogP contribution in [0.2, 0.25) is 0 Å². The Morgan fingerprint density at radius 3 is 2.47 bits per heavy atom. The fourth-order valence-electron chi connectivity index (χ4n) is 3.06. The normalized spacial score (nSPS) is 10.7. The topological polar surface area (TPSA) is 74.0 Å². The smallest absolute Gasteiger partial charge is 0.276 e. The maximum absolute atomic E-state index is 12.6. The predicted molar refractivity (Wildman–Crippen MR) is 114 cm³/mol. The Hall–Kier alpha value is -3.87. The van der Waals surface area contributed by atoms with Crippen molar-refractivity contribution in [1.29, 1.82) is 0 Å². The Kier molecular flexibility index (Phi) is 5.89. The number of carbonyl (C=O) groups excluding carboxylic acids is 1. The number of hydrogen-bond acceptors (Lipinski definition) is 4. The summed E-state index contributed by atoms with van der Waals surface area (Å²) in [7, 11) is 1.75. The van der Waals surface area contributed by atoms with E-state index < -0.39 is 0 Å². The second kappa shape index (κ2) is 9.09. The van der Waals surface area contributed by atoms with Crippen molar-refractivity contribution in [3.05, 3.63) is 95.9 Å². The molecule has 7 heteroatoms. The maximum Gasteiger partial charge on any atom is 0.276 e. The van der Waals surface area contributed by atoms with E-state index in [1.807, 2.05) is 59.4 Å². The lowest BCUT2D eigenvalue weighted by molar-refractivity contribution is 0.102. The third-order valence-electron chi connectivity index (χ3n) is 4.66. The number of rotatable bonds is 8. The van der Waals surface area contributed by atoms with E-state index in [4.69, 9.17) is 4.74 Å². The van der Waals surface area contributed by atoms with Gasteiger partial charge in [0.2, 0.25) is 5.88 Å². The summed E-state index contributed by atoms with van der Waals surface area (Å²) in [6.07, 6.45) is 4.33. The number of amides is 1. The van der Waals surface area contributed by atoms with Gasteiger partial charge in [0.15, 0.2) is 5.69 Å². The lowest BCUT2D eigenvalue weighted by atomic mass is 10.1. The number of aromatic nitrogens is 4. The summed E-state index contributed by atoms with van der Waals surface area (Å²) in [4.78, 5) is 12.6. The monoisotopic (exact) mass is 401 g/mol. The molecule has 1 amide bonds. The van der Waals surface area contributed by atoms with Crippen molar-refractivity contribution >= 4 is 11.6 Å². The maximum atomic E-state index is 12.6. The summed E-state index contributed by atoms with van der Waals surface area (Å²) >= 11 is 0. The highest BCUT2D eigenvalue weighted by Gasteiger charge is 2.15. The molecule has 2 aromatic heterocycles. The van der Waals surface area contributed by atoms with Crippen LogP contribution >= 0.6 is 0 Å². The summed E-state index contributed by atoms with van der Waals surface area (Å²) in [6.45, 7) is 1.15. The molecule has 7 nitrogen and oxygen atoms in total. The van der Waals surface area contributed by atoms with Gasteiger partial charge in [0.25, 0.3) is 5.91 Å². The van der Waals surface area contributed by atoms with Crippen LogP contribution in [0, 0.1) is 0 Å². The van der Waals surface area contributed by atoms with Crippen LogP contribution in [-0.4, -0.2) is 25.5 Å². The molecule has 0 unspecified atom stereocenters. The number of nitrogens with one attached hydrogen (secondary N) is 1. The van der Waals surface area contributed by atoms with Crippen LogP contribution in [0.5, 0.6) is 5.88 Å². The lowest BCUT2D eigenvalue weighted by Gasteiger charge is -2.05. The van der Waals surface area contributed by atoms with Gasteiger partial charge in [-0.05, 0) is 17.5 Å². The van der Waals surface area contributed by atoms with Crippen LogP contribution in [0.1, 0.15) is 21.6 Å². The summed E-state index contributed by atoms with van der Waals surface area (Å²) in [6, 6.07) is 21.7. The van der Waals surface area contributed by atoms with E-state index in [9.17, 15) is 4.79 Å². The first kappa shape index (κ1) is 19.4. The van der Waals surface area contributed by atoms with Gasteiger partial charge in [-0.1, -0.05) is 60.7 Å².